The summed E-state index contributed by atoms with van der Waals surface area (Å²) in [6, 6.07) is 14.1. The molecule has 9 heteroatoms. The van der Waals surface area contributed by atoms with Gasteiger partial charge in [0, 0.05) is 25.5 Å². The van der Waals surface area contributed by atoms with Crippen LogP contribution in [0.25, 0.3) is 5.52 Å². The van der Waals surface area contributed by atoms with Crippen molar-refractivity contribution in [2.24, 2.45) is 0 Å². The highest BCUT2D eigenvalue weighted by Gasteiger charge is 2.11. The van der Waals surface area contributed by atoms with E-state index in [2.05, 4.69) is 20.5 Å². The largest absolute Gasteiger partial charge is 0.337 e. The summed E-state index contributed by atoms with van der Waals surface area (Å²) >= 11 is 0. The van der Waals surface area contributed by atoms with E-state index in [-0.39, 0.29) is 12.3 Å². The van der Waals surface area contributed by atoms with E-state index in [9.17, 15) is 13.2 Å². The van der Waals surface area contributed by atoms with Crippen LogP contribution in [-0.4, -0.2) is 36.4 Å². The number of benzene rings is 1. The highest BCUT2D eigenvalue weighted by atomic mass is 32.2. The summed E-state index contributed by atoms with van der Waals surface area (Å²) in [5.74, 6) is -0.226. The quantitative estimate of drug-likeness (QED) is 0.585. The van der Waals surface area contributed by atoms with Crippen molar-refractivity contribution in [1.82, 2.24) is 20.2 Å². The number of hydrogen-bond acceptors (Lipinski definition) is 4. The smallest absolute Gasteiger partial charge is 0.315 e. The van der Waals surface area contributed by atoms with Gasteiger partial charge < -0.3 is 10.6 Å². The van der Waals surface area contributed by atoms with Crippen molar-refractivity contribution < 1.29 is 13.2 Å². The molecule has 0 saturated carbocycles. The van der Waals surface area contributed by atoms with Crippen LogP contribution in [0.15, 0.2) is 60.9 Å². The van der Waals surface area contributed by atoms with Crippen molar-refractivity contribution in [2.45, 2.75) is 6.54 Å². The van der Waals surface area contributed by atoms with Gasteiger partial charge in [0.05, 0.1) is 17.0 Å². The summed E-state index contributed by atoms with van der Waals surface area (Å²) < 4.78 is 28.4. The second-order valence-electron chi connectivity index (χ2n) is 5.63. The molecule has 0 bridgehead atoms. The molecule has 8 nitrogen and oxygen atoms in total. The minimum Gasteiger partial charge on any atom is -0.337 e. The Kier molecular flexibility index (Phi) is 5.37. The van der Waals surface area contributed by atoms with Crippen LogP contribution in [0.2, 0.25) is 0 Å². The molecule has 0 radical (unpaired) electrons. The van der Waals surface area contributed by atoms with Gasteiger partial charge in [0.1, 0.15) is 0 Å². The minimum absolute atomic E-state index is 0.00484. The van der Waals surface area contributed by atoms with Crippen LogP contribution in [-0.2, 0) is 16.6 Å². The number of aromatic nitrogens is 2. The number of amides is 2. The maximum atomic E-state index is 12.1. The molecule has 0 aliphatic rings. The fourth-order valence-corrected chi connectivity index (χ4v) is 3.31. The van der Waals surface area contributed by atoms with Gasteiger partial charge in [0.2, 0.25) is 10.0 Å². The molecule has 0 fully saturated rings. The lowest BCUT2D eigenvalue weighted by Crippen LogP contribution is -2.38. The average Bonchev–Trinajstić information content (AvgIpc) is 3.08. The third kappa shape index (κ3) is 4.96. The van der Waals surface area contributed by atoms with E-state index >= 15 is 0 Å². The van der Waals surface area contributed by atoms with Crippen molar-refractivity contribution in [2.75, 3.05) is 17.0 Å². The first-order valence-electron chi connectivity index (χ1n) is 8.01. The highest BCUT2D eigenvalue weighted by molar-refractivity contribution is 7.92. The van der Waals surface area contributed by atoms with Crippen LogP contribution in [0.1, 0.15) is 5.56 Å². The zero-order valence-electron chi connectivity index (χ0n) is 13.9. The third-order valence-corrected chi connectivity index (χ3v) is 4.91. The van der Waals surface area contributed by atoms with Gasteiger partial charge in [-0.25, -0.2) is 17.7 Å². The average molecular weight is 373 g/mol. The Morgan fingerprint density at radius 2 is 1.88 bits per heavy atom. The van der Waals surface area contributed by atoms with Gasteiger partial charge in [-0.2, -0.15) is 5.10 Å². The number of anilines is 1. The first kappa shape index (κ1) is 17.7. The summed E-state index contributed by atoms with van der Waals surface area (Å²) in [7, 11) is -3.57. The fraction of sp³-hybridized carbons (Fsp3) is 0.176. The van der Waals surface area contributed by atoms with Gasteiger partial charge in [-0.05, 0) is 23.8 Å². The summed E-state index contributed by atoms with van der Waals surface area (Å²) in [4.78, 5) is 11.7. The number of nitrogens with zero attached hydrogens (tertiary/aromatic N) is 2. The molecule has 0 spiro atoms. The molecular weight excluding hydrogens is 354 g/mol. The molecule has 1 aromatic carbocycles. The van der Waals surface area contributed by atoms with Gasteiger partial charge in [-0.1, -0.05) is 30.3 Å². The number of carbonyl (C=O) groups excluding carboxylic acids is 1. The second-order valence-corrected chi connectivity index (χ2v) is 7.47. The standard InChI is InChI=1S/C17H19N5O3S/c23-17(19-13-14-4-2-1-3-5-14)18-9-11-26(24,25)21-15-7-10-22-16(12-15)6-8-20-22/h1-8,10,12,21H,9,11,13H2,(H2,18,19,23). The summed E-state index contributed by atoms with van der Waals surface area (Å²) in [6.07, 6.45) is 3.30. The van der Waals surface area contributed by atoms with Gasteiger partial charge in [0.25, 0.3) is 0 Å². The molecule has 2 amide bonds. The predicted octanol–water partition coefficient (Wildman–Crippen LogP) is 1.58. The number of fused-ring (bicyclic) bond motifs is 1. The van der Waals surface area contributed by atoms with Crippen LogP contribution in [0, 0.1) is 0 Å². The van der Waals surface area contributed by atoms with E-state index in [1.165, 1.54) is 0 Å². The molecule has 0 unspecified atom stereocenters. The Balaban J connectivity index is 1.44. The first-order valence-corrected chi connectivity index (χ1v) is 9.67. The molecule has 26 heavy (non-hydrogen) atoms. The monoisotopic (exact) mass is 373 g/mol. The second kappa shape index (κ2) is 7.87. The van der Waals surface area contributed by atoms with E-state index in [4.69, 9.17) is 0 Å². The minimum atomic E-state index is -3.57. The van der Waals surface area contributed by atoms with Gasteiger partial charge >= 0.3 is 6.03 Å². The van der Waals surface area contributed by atoms with Gasteiger partial charge in [0.15, 0.2) is 0 Å². The van der Waals surface area contributed by atoms with Crippen LogP contribution in [0.3, 0.4) is 0 Å². The van der Waals surface area contributed by atoms with Gasteiger partial charge in [-0.15, -0.1) is 0 Å². The van der Waals surface area contributed by atoms with E-state index < -0.39 is 16.1 Å². The number of hydrogen-bond donors (Lipinski definition) is 3. The van der Waals surface area contributed by atoms with Gasteiger partial charge in [-0.3, -0.25) is 4.72 Å². The van der Waals surface area contributed by atoms with Crippen molar-refractivity contribution in [3.8, 4) is 0 Å². The normalized spacial score (nSPS) is 11.2. The molecule has 3 aromatic rings. The fourth-order valence-electron chi connectivity index (χ4n) is 2.36. The molecule has 2 aromatic heterocycles. The lowest BCUT2D eigenvalue weighted by molar-refractivity contribution is 0.241. The number of nitrogens with one attached hydrogen (secondary N) is 3. The molecule has 3 rings (SSSR count). The number of carbonyl (C=O) groups is 1. The number of urea groups is 1. The Bertz CT molecular complexity index is 986. The third-order valence-electron chi connectivity index (χ3n) is 3.63. The van der Waals surface area contributed by atoms with Crippen LogP contribution in [0.5, 0.6) is 0 Å². The highest BCUT2D eigenvalue weighted by Crippen LogP contribution is 2.12. The Morgan fingerprint density at radius 3 is 2.69 bits per heavy atom. The predicted molar refractivity (Wildman–Crippen MR) is 99.3 cm³/mol. The van der Waals surface area contributed by atoms with E-state index in [0.29, 0.717) is 12.2 Å². The molecule has 136 valence electrons. The summed E-state index contributed by atoms with van der Waals surface area (Å²) in [5.41, 5.74) is 2.20. The van der Waals surface area contributed by atoms with Crippen LogP contribution in [0.4, 0.5) is 10.5 Å². The maximum Gasteiger partial charge on any atom is 0.315 e. The molecule has 0 atom stereocenters. The molecule has 0 aliphatic heterocycles. The van der Waals surface area contributed by atoms with Crippen molar-refractivity contribution >= 4 is 27.3 Å². The topological polar surface area (TPSA) is 105 Å². The maximum absolute atomic E-state index is 12.1. The number of pyridine rings is 1. The molecule has 0 saturated heterocycles. The van der Waals surface area contributed by atoms with Crippen LogP contribution >= 0.6 is 0 Å². The van der Waals surface area contributed by atoms with Crippen LogP contribution < -0.4 is 15.4 Å². The Labute approximate surface area is 151 Å². The summed E-state index contributed by atoms with van der Waals surface area (Å²) in [5, 5.41) is 9.26. The number of sulfonamides is 1. The Hall–Kier alpha value is -3.07. The molecule has 2 heterocycles. The van der Waals surface area contributed by atoms with Crippen molar-refractivity contribution in [1.29, 1.82) is 0 Å². The van der Waals surface area contributed by atoms with E-state index in [1.807, 2.05) is 30.3 Å². The molecular formula is C17H19N5O3S. The lowest BCUT2D eigenvalue weighted by Gasteiger charge is -2.10. The van der Waals surface area contributed by atoms with E-state index in [0.717, 1.165) is 11.1 Å². The first-order chi connectivity index (χ1) is 12.5. The summed E-state index contributed by atoms with van der Waals surface area (Å²) in [6.45, 7) is 0.383. The van der Waals surface area contributed by atoms with E-state index in [1.54, 1.807) is 35.1 Å². The SMILES string of the molecule is O=C(NCCS(=O)(=O)Nc1ccn2nccc2c1)NCc1ccccc1. The molecule has 3 N–H and O–H groups in total. The Morgan fingerprint density at radius 1 is 1.08 bits per heavy atom. The number of rotatable bonds is 7. The molecule has 0 aliphatic carbocycles. The van der Waals surface area contributed by atoms with Crippen molar-refractivity contribution in [3.63, 3.8) is 0 Å². The lowest BCUT2D eigenvalue weighted by atomic mass is 10.2. The van der Waals surface area contributed by atoms with Crippen molar-refractivity contribution in [3.05, 3.63) is 66.5 Å². The zero-order valence-corrected chi connectivity index (χ0v) is 14.7. The zero-order chi connectivity index (χ0) is 18.4.